The standard InChI is InChI=1S/C15H17ClN2O2S/c16-10-5-2-1-4-9(10)15-7-3-6-12(13(15)19)20-14(18-15)11(17)8-21/h1-2,4-5,11-12,21H,3,6-8,17H2. The van der Waals surface area contributed by atoms with E-state index in [1.54, 1.807) is 6.07 Å². The molecule has 2 bridgehead atoms. The second kappa shape index (κ2) is 5.63. The molecule has 1 aliphatic carbocycles. The lowest BCUT2D eigenvalue weighted by Gasteiger charge is -2.42. The fraction of sp³-hybridized carbons (Fsp3) is 0.467. The number of fused-ring (bicyclic) bond motifs is 2. The molecule has 1 aliphatic heterocycles. The summed E-state index contributed by atoms with van der Waals surface area (Å²) in [6, 6.07) is 6.95. The molecule has 0 amide bonds. The van der Waals surface area contributed by atoms with Crippen LogP contribution in [-0.4, -0.2) is 29.6 Å². The van der Waals surface area contributed by atoms with Crippen LogP contribution in [-0.2, 0) is 15.1 Å². The number of nitrogens with zero attached hydrogens (tertiary/aromatic N) is 1. The Hall–Kier alpha value is -1.04. The number of carbonyl (C=O) groups is 1. The first-order valence-corrected chi connectivity index (χ1v) is 8.01. The summed E-state index contributed by atoms with van der Waals surface area (Å²) < 4.78 is 5.69. The molecule has 0 radical (unpaired) electrons. The first-order valence-electron chi connectivity index (χ1n) is 7.00. The summed E-state index contributed by atoms with van der Waals surface area (Å²) in [5.74, 6) is 0.810. The number of hydrogen-bond acceptors (Lipinski definition) is 5. The summed E-state index contributed by atoms with van der Waals surface area (Å²) in [5.41, 5.74) is 5.79. The van der Waals surface area contributed by atoms with E-state index in [9.17, 15) is 4.79 Å². The number of rotatable bonds is 3. The molecule has 1 saturated carbocycles. The minimum atomic E-state index is -0.949. The van der Waals surface area contributed by atoms with Gasteiger partial charge in [0, 0.05) is 16.3 Å². The van der Waals surface area contributed by atoms with Gasteiger partial charge >= 0.3 is 0 Å². The number of aliphatic imine (C=N–C) groups is 1. The van der Waals surface area contributed by atoms with E-state index in [4.69, 9.17) is 22.1 Å². The van der Waals surface area contributed by atoms with Crippen LogP contribution in [0.15, 0.2) is 29.3 Å². The maximum absolute atomic E-state index is 12.8. The highest BCUT2D eigenvalue weighted by Gasteiger charge is 2.52. The van der Waals surface area contributed by atoms with E-state index < -0.39 is 17.7 Å². The number of carbonyl (C=O) groups excluding carboxylic acids is 1. The molecule has 3 unspecified atom stereocenters. The molecule has 1 heterocycles. The summed E-state index contributed by atoms with van der Waals surface area (Å²) in [6.45, 7) is 0. The van der Waals surface area contributed by atoms with Crippen LogP contribution in [0.2, 0.25) is 5.02 Å². The molecule has 0 spiro atoms. The van der Waals surface area contributed by atoms with Gasteiger partial charge in [-0.25, -0.2) is 4.99 Å². The van der Waals surface area contributed by atoms with E-state index in [-0.39, 0.29) is 5.78 Å². The zero-order valence-electron chi connectivity index (χ0n) is 11.5. The minimum absolute atomic E-state index is 0.0167. The van der Waals surface area contributed by atoms with Gasteiger partial charge in [0.1, 0.15) is 0 Å². The molecule has 21 heavy (non-hydrogen) atoms. The lowest BCUT2D eigenvalue weighted by Crippen LogP contribution is -2.54. The fourth-order valence-corrected chi connectivity index (χ4v) is 3.47. The van der Waals surface area contributed by atoms with Crippen molar-refractivity contribution >= 4 is 35.9 Å². The van der Waals surface area contributed by atoms with Crippen LogP contribution in [0.3, 0.4) is 0 Å². The lowest BCUT2D eigenvalue weighted by molar-refractivity contribution is -0.137. The van der Waals surface area contributed by atoms with E-state index in [1.807, 2.05) is 18.2 Å². The third-order valence-corrected chi connectivity index (χ3v) is 4.83. The Morgan fingerprint density at radius 3 is 3.00 bits per heavy atom. The van der Waals surface area contributed by atoms with Crippen LogP contribution in [0, 0.1) is 0 Å². The van der Waals surface area contributed by atoms with Gasteiger partial charge in [-0.2, -0.15) is 12.6 Å². The highest BCUT2D eigenvalue weighted by atomic mass is 35.5. The van der Waals surface area contributed by atoms with Crippen molar-refractivity contribution in [3.8, 4) is 0 Å². The number of Topliss-reactive ketones (excluding diaryl/α,β-unsaturated/α-hetero) is 1. The predicted molar refractivity (Wildman–Crippen MR) is 86.1 cm³/mol. The Bertz CT molecular complexity index is 607. The average molecular weight is 325 g/mol. The number of thiol groups is 1. The Balaban J connectivity index is 2.16. The largest absolute Gasteiger partial charge is 0.468 e. The van der Waals surface area contributed by atoms with Gasteiger partial charge < -0.3 is 10.5 Å². The average Bonchev–Trinajstić information content (AvgIpc) is 2.47. The second-order valence-electron chi connectivity index (χ2n) is 5.44. The molecule has 4 nitrogen and oxygen atoms in total. The van der Waals surface area contributed by atoms with E-state index in [2.05, 4.69) is 17.6 Å². The summed E-state index contributed by atoms with van der Waals surface area (Å²) in [6.07, 6.45) is 1.73. The van der Waals surface area contributed by atoms with Crippen LogP contribution in [0.4, 0.5) is 0 Å². The van der Waals surface area contributed by atoms with E-state index in [0.717, 1.165) is 12.0 Å². The molecule has 1 fully saturated rings. The van der Waals surface area contributed by atoms with Crippen molar-refractivity contribution in [2.24, 2.45) is 10.7 Å². The van der Waals surface area contributed by atoms with E-state index in [1.165, 1.54) is 0 Å². The lowest BCUT2D eigenvalue weighted by atomic mass is 9.74. The molecule has 2 N–H and O–H groups in total. The summed E-state index contributed by atoms with van der Waals surface area (Å²) >= 11 is 10.5. The zero-order valence-corrected chi connectivity index (χ0v) is 13.1. The molecular formula is C15H17ClN2O2S. The molecule has 6 heteroatoms. The number of benzene rings is 1. The summed E-state index contributed by atoms with van der Waals surface area (Å²) in [4.78, 5) is 17.4. The number of nitrogens with two attached hydrogens (primary N) is 1. The SMILES string of the molecule is NC(CS)C1=NC2(c3ccccc3Cl)CCCC(O1)C2=O. The van der Waals surface area contributed by atoms with E-state index in [0.29, 0.717) is 29.5 Å². The topological polar surface area (TPSA) is 64.7 Å². The maximum atomic E-state index is 12.8. The molecule has 1 aromatic carbocycles. The molecule has 3 rings (SSSR count). The highest BCUT2D eigenvalue weighted by molar-refractivity contribution is 7.80. The fourth-order valence-electron chi connectivity index (χ4n) is 3.02. The quantitative estimate of drug-likeness (QED) is 0.839. The second-order valence-corrected chi connectivity index (χ2v) is 6.21. The molecule has 2 aliphatic rings. The molecule has 1 aromatic rings. The van der Waals surface area contributed by atoms with Crippen LogP contribution in [0.5, 0.6) is 0 Å². The van der Waals surface area contributed by atoms with Gasteiger partial charge in [-0.15, -0.1) is 0 Å². The predicted octanol–water partition coefficient (Wildman–Crippen LogP) is 2.34. The molecule has 0 aromatic heterocycles. The van der Waals surface area contributed by atoms with Crippen LogP contribution < -0.4 is 5.73 Å². The number of halogens is 1. The number of ketones is 1. The number of ether oxygens (including phenoxy) is 1. The highest BCUT2D eigenvalue weighted by Crippen LogP contribution is 2.44. The maximum Gasteiger partial charge on any atom is 0.205 e. The van der Waals surface area contributed by atoms with Crippen molar-refractivity contribution in [2.75, 3.05) is 5.75 Å². The molecule has 3 atom stereocenters. The Morgan fingerprint density at radius 2 is 2.29 bits per heavy atom. The first-order chi connectivity index (χ1) is 10.1. The minimum Gasteiger partial charge on any atom is -0.468 e. The van der Waals surface area contributed by atoms with Crippen LogP contribution >= 0.6 is 24.2 Å². The molecular weight excluding hydrogens is 308 g/mol. The van der Waals surface area contributed by atoms with E-state index >= 15 is 0 Å². The third-order valence-electron chi connectivity index (χ3n) is 4.10. The smallest absolute Gasteiger partial charge is 0.205 e. The van der Waals surface area contributed by atoms with Crippen LogP contribution in [0.25, 0.3) is 0 Å². The van der Waals surface area contributed by atoms with Crippen molar-refractivity contribution in [3.63, 3.8) is 0 Å². The van der Waals surface area contributed by atoms with Gasteiger partial charge in [0.25, 0.3) is 0 Å². The van der Waals surface area contributed by atoms with Gasteiger partial charge in [-0.3, -0.25) is 4.79 Å². The van der Waals surface area contributed by atoms with Gasteiger partial charge in [-0.1, -0.05) is 29.8 Å². The normalized spacial score (nSPS) is 29.6. The molecule has 0 saturated heterocycles. The summed E-state index contributed by atoms with van der Waals surface area (Å²) in [5, 5.41) is 0.552. The van der Waals surface area contributed by atoms with Gasteiger partial charge in [0.2, 0.25) is 11.7 Å². The van der Waals surface area contributed by atoms with Gasteiger partial charge in [0.15, 0.2) is 11.6 Å². The van der Waals surface area contributed by atoms with Crippen molar-refractivity contribution in [2.45, 2.75) is 36.9 Å². The number of hydrogen-bond donors (Lipinski definition) is 2. The Morgan fingerprint density at radius 1 is 1.52 bits per heavy atom. The van der Waals surface area contributed by atoms with Gasteiger partial charge in [0.05, 0.1) is 6.04 Å². The summed E-state index contributed by atoms with van der Waals surface area (Å²) in [7, 11) is 0. The van der Waals surface area contributed by atoms with Crippen molar-refractivity contribution in [1.82, 2.24) is 0 Å². The van der Waals surface area contributed by atoms with Crippen molar-refractivity contribution < 1.29 is 9.53 Å². The van der Waals surface area contributed by atoms with Crippen molar-refractivity contribution in [1.29, 1.82) is 0 Å². The van der Waals surface area contributed by atoms with Crippen LogP contribution in [0.1, 0.15) is 24.8 Å². The monoisotopic (exact) mass is 324 g/mol. The first kappa shape index (κ1) is 14.9. The van der Waals surface area contributed by atoms with Crippen molar-refractivity contribution in [3.05, 3.63) is 34.9 Å². The zero-order chi connectivity index (χ0) is 15.0. The van der Waals surface area contributed by atoms with Gasteiger partial charge in [-0.05, 0) is 25.3 Å². The molecule has 112 valence electrons. The Labute approximate surface area is 134 Å². The third kappa shape index (κ3) is 2.37. The Kier molecular flexibility index (Phi) is 3.99.